The molecule has 1 atom stereocenters. The Labute approximate surface area is 128 Å². The molecule has 0 radical (unpaired) electrons. The number of hydrogen-bond acceptors (Lipinski definition) is 4. The van der Waals surface area contributed by atoms with Gasteiger partial charge in [0, 0.05) is 13.1 Å². The Morgan fingerprint density at radius 2 is 1.86 bits per heavy atom. The van der Waals surface area contributed by atoms with Crippen LogP contribution >= 0.6 is 0 Å². The van der Waals surface area contributed by atoms with E-state index in [9.17, 15) is 5.11 Å². The van der Waals surface area contributed by atoms with Crippen LogP contribution in [0.4, 0.5) is 0 Å². The van der Waals surface area contributed by atoms with Crippen molar-refractivity contribution in [3.05, 3.63) is 29.8 Å². The van der Waals surface area contributed by atoms with Gasteiger partial charge in [0.15, 0.2) is 0 Å². The van der Waals surface area contributed by atoms with Crippen molar-refractivity contribution in [2.75, 3.05) is 26.8 Å². The van der Waals surface area contributed by atoms with E-state index >= 15 is 0 Å². The zero-order valence-electron chi connectivity index (χ0n) is 13.7. The number of aliphatic hydroxyl groups excluding tert-OH is 1. The van der Waals surface area contributed by atoms with E-state index in [0.29, 0.717) is 13.2 Å². The molecule has 4 nitrogen and oxygen atoms in total. The van der Waals surface area contributed by atoms with E-state index in [1.54, 1.807) is 7.11 Å². The minimum absolute atomic E-state index is 0.154. The molecule has 1 aromatic carbocycles. The SMILES string of the molecule is CCCN(Cc1ccc(OC)cc1)C[C@@H](O)COC(C)C. The lowest BCUT2D eigenvalue weighted by atomic mass is 10.2. The minimum atomic E-state index is -0.447. The van der Waals surface area contributed by atoms with E-state index in [1.807, 2.05) is 26.0 Å². The molecule has 0 aliphatic rings. The predicted octanol–water partition coefficient (Wildman–Crippen LogP) is 2.69. The summed E-state index contributed by atoms with van der Waals surface area (Å²) in [5.41, 5.74) is 1.22. The number of nitrogens with zero attached hydrogens (tertiary/aromatic N) is 1. The lowest BCUT2D eigenvalue weighted by Gasteiger charge is -2.25. The molecule has 0 aliphatic carbocycles. The molecule has 0 spiro atoms. The first-order valence-corrected chi connectivity index (χ1v) is 7.70. The number of methoxy groups -OCH3 is 1. The first kappa shape index (κ1) is 18.0. The van der Waals surface area contributed by atoms with Crippen molar-refractivity contribution in [1.82, 2.24) is 4.90 Å². The Bertz CT molecular complexity index is 378. The molecular weight excluding hydrogens is 266 g/mol. The van der Waals surface area contributed by atoms with Crippen molar-refractivity contribution in [3.8, 4) is 5.75 Å². The summed E-state index contributed by atoms with van der Waals surface area (Å²) in [7, 11) is 1.67. The fourth-order valence-electron chi connectivity index (χ4n) is 2.19. The van der Waals surface area contributed by atoms with Crippen molar-refractivity contribution in [2.24, 2.45) is 0 Å². The van der Waals surface area contributed by atoms with Gasteiger partial charge >= 0.3 is 0 Å². The summed E-state index contributed by atoms with van der Waals surface area (Å²) < 4.78 is 10.6. The Morgan fingerprint density at radius 1 is 1.19 bits per heavy atom. The molecule has 0 amide bonds. The molecular formula is C17H29NO3. The van der Waals surface area contributed by atoms with Crippen LogP contribution in [-0.2, 0) is 11.3 Å². The van der Waals surface area contributed by atoms with Gasteiger partial charge in [-0.25, -0.2) is 0 Å². The molecule has 0 aromatic heterocycles. The van der Waals surface area contributed by atoms with E-state index in [0.717, 1.165) is 25.3 Å². The second-order valence-electron chi connectivity index (χ2n) is 5.62. The van der Waals surface area contributed by atoms with Crippen molar-refractivity contribution in [1.29, 1.82) is 0 Å². The van der Waals surface area contributed by atoms with E-state index in [1.165, 1.54) is 5.56 Å². The van der Waals surface area contributed by atoms with Gasteiger partial charge in [-0.3, -0.25) is 4.90 Å². The fourth-order valence-corrected chi connectivity index (χ4v) is 2.19. The molecule has 1 N–H and O–H groups in total. The third-order valence-corrected chi connectivity index (χ3v) is 3.20. The third kappa shape index (κ3) is 7.46. The van der Waals surface area contributed by atoms with Crippen LogP contribution in [0.5, 0.6) is 5.75 Å². The number of hydrogen-bond donors (Lipinski definition) is 1. The summed E-state index contributed by atoms with van der Waals surface area (Å²) >= 11 is 0. The molecule has 1 rings (SSSR count). The third-order valence-electron chi connectivity index (χ3n) is 3.20. The van der Waals surface area contributed by atoms with Crippen LogP contribution in [0.2, 0.25) is 0 Å². The molecule has 4 heteroatoms. The number of rotatable bonds is 10. The number of aliphatic hydroxyl groups is 1. The number of ether oxygens (including phenoxy) is 2. The maximum Gasteiger partial charge on any atom is 0.118 e. The largest absolute Gasteiger partial charge is 0.497 e. The molecule has 0 aliphatic heterocycles. The van der Waals surface area contributed by atoms with Gasteiger partial charge in [-0.15, -0.1) is 0 Å². The van der Waals surface area contributed by atoms with Crippen LogP contribution < -0.4 is 4.74 Å². The molecule has 120 valence electrons. The average molecular weight is 295 g/mol. The minimum Gasteiger partial charge on any atom is -0.497 e. The Balaban J connectivity index is 2.51. The monoisotopic (exact) mass is 295 g/mol. The smallest absolute Gasteiger partial charge is 0.118 e. The Kier molecular flexibility index (Phi) is 8.35. The van der Waals surface area contributed by atoms with Gasteiger partial charge in [-0.2, -0.15) is 0 Å². The van der Waals surface area contributed by atoms with Crippen LogP contribution in [0, 0.1) is 0 Å². The topological polar surface area (TPSA) is 41.9 Å². The Morgan fingerprint density at radius 3 is 2.38 bits per heavy atom. The average Bonchev–Trinajstić information content (AvgIpc) is 2.46. The fraction of sp³-hybridized carbons (Fsp3) is 0.647. The highest BCUT2D eigenvalue weighted by Gasteiger charge is 2.12. The van der Waals surface area contributed by atoms with Gasteiger partial charge in [0.2, 0.25) is 0 Å². The molecule has 21 heavy (non-hydrogen) atoms. The quantitative estimate of drug-likeness (QED) is 0.720. The second-order valence-corrected chi connectivity index (χ2v) is 5.62. The maximum absolute atomic E-state index is 10.1. The van der Waals surface area contributed by atoms with Crippen molar-refractivity contribution < 1.29 is 14.6 Å². The van der Waals surface area contributed by atoms with Gasteiger partial charge in [0.05, 0.1) is 25.9 Å². The standard InChI is InChI=1S/C17H29NO3/c1-5-10-18(12-16(19)13-21-14(2)3)11-15-6-8-17(20-4)9-7-15/h6-9,14,16,19H,5,10-13H2,1-4H3/t16-/m1/s1. The molecule has 0 heterocycles. The van der Waals surface area contributed by atoms with Crippen LogP contribution in [0.15, 0.2) is 24.3 Å². The summed E-state index contributed by atoms with van der Waals surface area (Å²) in [5, 5.41) is 10.1. The zero-order valence-corrected chi connectivity index (χ0v) is 13.7. The molecule has 0 bridgehead atoms. The first-order chi connectivity index (χ1) is 10.0. The van der Waals surface area contributed by atoms with Gasteiger partial charge in [0.25, 0.3) is 0 Å². The first-order valence-electron chi connectivity index (χ1n) is 7.70. The maximum atomic E-state index is 10.1. The van der Waals surface area contributed by atoms with E-state index in [2.05, 4.69) is 24.0 Å². The normalized spacial score (nSPS) is 12.9. The van der Waals surface area contributed by atoms with Crippen molar-refractivity contribution in [2.45, 2.75) is 45.9 Å². The van der Waals surface area contributed by atoms with Crippen LogP contribution in [-0.4, -0.2) is 49.0 Å². The van der Waals surface area contributed by atoms with E-state index < -0.39 is 6.10 Å². The van der Waals surface area contributed by atoms with E-state index in [4.69, 9.17) is 9.47 Å². The highest BCUT2D eigenvalue weighted by atomic mass is 16.5. The predicted molar refractivity (Wildman–Crippen MR) is 85.7 cm³/mol. The molecule has 0 unspecified atom stereocenters. The van der Waals surface area contributed by atoms with Crippen LogP contribution in [0.3, 0.4) is 0 Å². The van der Waals surface area contributed by atoms with Crippen LogP contribution in [0.25, 0.3) is 0 Å². The lowest BCUT2D eigenvalue weighted by molar-refractivity contribution is -0.00949. The summed E-state index contributed by atoms with van der Waals surface area (Å²) in [6.07, 6.45) is 0.770. The number of benzene rings is 1. The zero-order chi connectivity index (χ0) is 15.7. The summed E-state index contributed by atoms with van der Waals surface area (Å²) in [5.74, 6) is 0.867. The molecule has 0 fully saturated rings. The van der Waals surface area contributed by atoms with Crippen LogP contribution in [0.1, 0.15) is 32.8 Å². The summed E-state index contributed by atoms with van der Waals surface area (Å²) in [6.45, 7) is 8.92. The molecule has 1 aromatic rings. The van der Waals surface area contributed by atoms with Gasteiger partial charge in [-0.05, 0) is 44.5 Å². The molecule has 0 saturated carbocycles. The lowest BCUT2D eigenvalue weighted by Crippen LogP contribution is -2.35. The van der Waals surface area contributed by atoms with Gasteiger partial charge in [-0.1, -0.05) is 19.1 Å². The van der Waals surface area contributed by atoms with E-state index in [-0.39, 0.29) is 6.10 Å². The van der Waals surface area contributed by atoms with Gasteiger partial charge < -0.3 is 14.6 Å². The second kappa shape index (κ2) is 9.77. The highest BCUT2D eigenvalue weighted by Crippen LogP contribution is 2.13. The summed E-state index contributed by atoms with van der Waals surface area (Å²) in [6, 6.07) is 8.08. The highest BCUT2D eigenvalue weighted by molar-refractivity contribution is 5.27. The van der Waals surface area contributed by atoms with Crippen molar-refractivity contribution in [3.63, 3.8) is 0 Å². The van der Waals surface area contributed by atoms with Crippen molar-refractivity contribution >= 4 is 0 Å². The molecule has 0 saturated heterocycles. The summed E-state index contributed by atoms with van der Waals surface area (Å²) in [4.78, 5) is 2.26. The van der Waals surface area contributed by atoms with Gasteiger partial charge in [0.1, 0.15) is 5.75 Å². The Hall–Kier alpha value is -1.10.